The second-order valence-electron chi connectivity index (χ2n) is 4.79. The predicted octanol–water partition coefficient (Wildman–Crippen LogP) is 1.36. The van der Waals surface area contributed by atoms with E-state index in [1.165, 1.54) is 0 Å². The van der Waals surface area contributed by atoms with Crippen LogP contribution in [0.5, 0.6) is 5.75 Å². The Morgan fingerprint density at radius 3 is 2.32 bits per heavy atom. The first-order chi connectivity index (χ1) is 10.2. The third-order valence-corrected chi connectivity index (χ3v) is 3.67. The topological polar surface area (TPSA) is 88.1 Å². The number of sulfonamides is 1. The van der Waals surface area contributed by atoms with Crippen LogP contribution in [0.3, 0.4) is 0 Å². The first-order valence-electron chi connectivity index (χ1n) is 6.74. The number of carbonyl (C=O) groups excluding carboxylic acids is 1. The third kappa shape index (κ3) is 5.72. The van der Waals surface area contributed by atoms with Crippen molar-refractivity contribution in [3.05, 3.63) is 24.3 Å². The summed E-state index contributed by atoms with van der Waals surface area (Å²) in [6.45, 7) is 5.48. The van der Waals surface area contributed by atoms with Gasteiger partial charge in [0.05, 0.1) is 18.6 Å². The molecule has 0 fully saturated rings. The standard InChI is InChI=1S/C14H21N3O4S/c1-5-21-13-8-6-12(7-9-13)17(22(4,19)20)10-14(18)16-15-11(2)3/h6-9H,5,10H2,1-4H3,(H,16,18). The quantitative estimate of drug-likeness (QED) is 0.605. The second-order valence-corrected chi connectivity index (χ2v) is 6.70. The molecule has 0 unspecified atom stereocenters. The van der Waals surface area contributed by atoms with E-state index in [-0.39, 0.29) is 6.54 Å². The van der Waals surface area contributed by atoms with Crippen LogP contribution in [0.1, 0.15) is 20.8 Å². The highest BCUT2D eigenvalue weighted by Gasteiger charge is 2.20. The maximum Gasteiger partial charge on any atom is 0.260 e. The molecule has 8 heteroatoms. The minimum Gasteiger partial charge on any atom is -0.494 e. The molecule has 1 N–H and O–H groups in total. The summed E-state index contributed by atoms with van der Waals surface area (Å²) in [7, 11) is -3.59. The SMILES string of the molecule is CCOc1ccc(N(CC(=O)NN=C(C)C)S(C)(=O)=O)cc1. The lowest BCUT2D eigenvalue weighted by atomic mass is 10.3. The van der Waals surface area contributed by atoms with Gasteiger partial charge in [0.25, 0.3) is 5.91 Å². The Hall–Kier alpha value is -2.09. The molecule has 0 radical (unpaired) electrons. The second kappa shape index (κ2) is 7.79. The Morgan fingerprint density at radius 1 is 1.27 bits per heavy atom. The van der Waals surface area contributed by atoms with Crippen LogP contribution in [0.4, 0.5) is 5.69 Å². The van der Waals surface area contributed by atoms with Crippen molar-refractivity contribution < 1.29 is 17.9 Å². The number of ether oxygens (including phenoxy) is 1. The van der Waals surface area contributed by atoms with Gasteiger partial charge >= 0.3 is 0 Å². The van der Waals surface area contributed by atoms with Crippen LogP contribution in [-0.2, 0) is 14.8 Å². The summed E-state index contributed by atoms with van der Waals surface area (Å²) in [5.74, 6) is 0.121. The van der Waals surface area contributed by atoms with E-state index in [0.29, 0.717) is 23.8 Å². The summed E-state index contributed by atoms with van der Waals surface area (Å²) in [6.07, 6.45) is 1.05. The lowest BCUT2D eigenvalue weighted by Gasteiger charge is -2.21. The zero-order valence-electron chi connectivity index (χ0n) is 13.2. The van der Waals surface area contributed by atoms with Gasteiger partial charge in [-0.1, -0.05) is 0 Å². The molecule has 0 aliphatic rings. The zero-order valence-corrected chi connectivity index (χ0v) is 14.0. The van der Waals surface area contributed by atoms with Crippen molar-refractivity contribution in [3.63, 3.8) is 0 Å². The fourth-order valence-electron chi connectivity index (χ4n) is 1.62. The molecule has 1 amide bonds. The number of hydrogen-bond acceptors (Lipinski definition) is 5. The molecule has 0 aliphatic carbocycles. The van der Waals surface area contributed by atoms with E-state index in [0.717, 1.165) is 10.6 Å². The number of rotatable bonds is 7. The smallest absolute Gasteiger partial charge is 0.260 e. The highest BCUT2D eigenvalue weighted by atomic mass is 32.2. The van der Waals surface area contributed by atoms with Gasteiger partial charge in [0.15, 0.2) is 0 Å². The molecule has 122 valence electrons. The molecule has 0 saturated carbocycles. The van der Waals surface area contributed by atoms with Gasteiger partial charge in [0.2, 0.25) is 10.0 Å². The lowest BCUT2D eigenvalue weighted by Crippen LogP contribution is -2.39. The summed E-state index contributed by atoms with van der Waals surface area (Å²) in [4.78, 5) is 11.8. The van der Waals surface area contributed by atoms with Gasteiger partial charge in [-0.05, 0) is 45.0 Å². The number of hydrogen-bond donors (Lipinski definition) is 1. The average molecular weight is 327 g/mol. The number of carbonyl (C=O) groups is 1. The molecule has 22 heavy (non-hydrogen) atoms. The van der Waals surface area contributed by atoms with E-state index in [4.69, 9.17) is 4.74 Å². The Labute approximate surface area is 131 Å². The first-order valence-corrected chi connectivity index (χ1v) is 8.59. The van der Waals surface area contributed by atoms with Gasteiger partial charge in [0, 0.05) is 5.71 Å². The fraction of sp³-hybridized carbons (Fsp3) is 0.429. The van der Waals surface area contributed by atoms with Gasteiger partial charge in [-0.15, -0.1) is 0 Å². The Balaban J connectivity index is 2.94. The number of benzene rings is 1. The normalized spacial score (nSPS) is 10.7. The summed E-state index contributed by atoms with van der Waals surface area (Å²) in [6, 6.07) is 6.49. The van der Waals surface area contributed by atoms with Crippen molar-refractivity contribution in [2.45, 2.75) is 20.8 Å². The summed E-state index contributed by atoms with van der Waals surface area (Å²) < 4.78 is 30.1. The van der Waals surface area contributed by atoms with Crippen LogP contribution in [0.15, 0.2) is 29.4 Å². The van der Waals surface area contributed by atoms with Crippen molar-refractivity contribution in [3.8, 4) is 5.75 Å². The molecular weight excluding hydrogens is 306 g/mol. The monoisotopic (exact) mass is 327 g/mol. The van der Waals surface area contributed by atoms with Crippen molar-refractivity contribution in [1.29, 1.82) is 0 Å². The molecule has 0 aromatic heterocycles. The molecule has 0 aliphatic heterocycles. The Morgan fingerprint density at radius 2 is 1.86 bits per heavy atom. The first kappa shape index (κ1) is 18.0. The van der Waals surface area contributed by atoms with Gasteiger partial charge in [-0.25, -0.2) is 13.8 Å². The number of nitrogens with zero attached hydrogens (tertiary/aromatic N) is 2. The minimum atomic E-state index is -3.59. The van der Waals surface area contributed by atoms with Gasteiger partial charge < -0.3 is 4.74 Å². The van der Waals surface area contributed by atoms with Crippen LogP contribution >= 0.6 is 0 Å². The van der Waals surface area contributed by atoms with Gasteiger partial charge in [-0.2, -0.15) is 5.10 Å². The van der Waals surface area contributed by atoms with E-state index >= 15 is 0 Å². The Bertz CT molecular complexity index is 635. The minimum absolute atomic E-state index is 0.344. The largest absolute Gasteiger partial charge is 0.494 e. The molecular formula is C14H21N3O4S. The lowest BCUT2D eigenvalue weighted by molar-refractivity contribution is -0.119. The van der Waals surface area contributed by atoms with E-state index in [9.17, 15) is 13.2 Å². The van der Waals surface area contributed by atoms with Gasteiger partial charge in [0.1, 0.15) is 12.3 Å². The van der Waals surface area contributed by atoms with Crippen LogP contribution < -0.4 is 14.5 Å². The molecule has 1 aromatic rings. The molecule has 1 rings (SSSR count). The highest BCUT2D eigenvalue weighted by Crippen LogP contribution is 2.21. The molecule has 1 aromatic carbocycles. The molecule has 7 nitrogen and oxygen atoms in total. The summed E-state index contributed by atoms with van der Waals surface area (Å²) >= 11 is 0. The number of amides is 1. The molecule has 0 atom stereocenters. The number of nitrogens with one attached hydrogen (secondary N) is 1. The zero-order chi connectivity index (χ0) is 16.8. The van der Waals surface area contributed by atoms with Crippen LogP contribution in [0.2, 0.25) is 0 Å². The Kier molecular flexibility index (Phi) is 6.36. The molecule has 0 heterocycles. The highest BCUT2D eigenvalue weighted by molar-refractivity contribution is 7.92. The van der Waals surface area contributed by atoms with E-state index in [1.807, 2.05) is 6.92 Å². The maximum absolute atomic E-state index is 11.9. The maximum atomic E-state index is 11.9. The predicted molar refractivity (Wildman–Crippen MR) is 86.7 cm³/mol. The van der Waals surface area contributed by atoms with Crippen molar-refractivity contribution >= 4 is 27.3 Å². The van der Waals surface area contributed by atoms with E-state index in [1.54, 1.807) is 38.1 Å². The molecule has 0 saturated heterocycles. The molecule has 0 bridgehead atoms. The van der Waals surface area contributed by atoms with E-state index < -0.39 is 15.9 Å². The van der Waals surface area contributed by atoms with Crippen LogP contribution in [0.25, 0.3) is 0 Å². The summed E-state index contributed by atoms with van der Waals surface area (Å²) in [5.41, 5.74) is 3.36. The van der Waals surface area contributed by atoms with Crippen molar-refractivity contribution in [2.24, 2.45) is 5.10 Å². The van der Waals surface area contributed by atoms with Gasteiger partial charge in [-0.3, -0.25) is 9.10 Å². The average Bonchev–Trinajstić information content (AvgIpc) is 2.43. The molecule has 0 spiro atoms. The van der Waals surface area contributed by atoms with Crippen LogP contribution in [-0.4, -0.2) is 39.4 Å². The van der Waals surface area contributed by atoms with Crippen molar-refractivity contribution in [1.82, 2.24) is 5.43 Å². The van der Waals surface area contributed by atoms with E-state index in [2.05, 4.69) is 10.5 Å². The number of anilines is 1. The fourth-order valence-corrected chi connectivity index (χ4v) is 2.47. The summed E-state index contributed by atoms with van der Waals surface area (Å²) in [5, 5.41) is 3.77. The number of hydrazone groups is 1. The van der Waals surface area contributed by atoms with Crippen molar-refractivity contribution in [2.75, 3.05) is 23.7 Å². The third-order valence-electron chi connectivity index (χ3n) is 2.53. The van der Waals surface area contributed by atoms with Crippen LogP contribution in [0, 0.1) is 0 Å².